The molecule has 2 heteroatoms. The van der Waals surface area contributed by atoms with Gasteiger partial charge in [0.1, 0.15) is 0 Å². The van der Waals surface area contributed by atoms with Crippen LogP contribution in [-0.4, -0.2) is 0 Å². The Morgan fingerprint density at radius 1 is 1.40 bits per heavy atom. The molecule has 2 nitrogen and oxygen atoms in total. The van der Waals surface area contributed by atoms with Gasteiger partial charge in [-0.2, -0.15) is 0 Å². The monoisotopic (exact) mass is 134 g/mol. The van der Waals surface area contributed by atoms with E-state index < -0.39 is 0 Å². The van der Waals surface area contributed by atoms with E-state index in [1.807, 2.05) is 17.3 Å². The summed E-state index contributed by atoms with van der Waals surface area (Å²) in [5.74, 6) is 0. The van der Waals surface area contributed by atoms with Gasteiger partial charge in [-0.3, -0.25) is 0 Å². The lowest BCUT2D eigenvalue weighted by Crippen LogP contribution is -2.56. The molecule has 1 rings (SSSR count). The second-order valence-electron chi connectivity index (χ2n) is 1.89. The van der Waals surface area contributed by atoms with Gasteiger partial charge >= 0.3 is 0 Å². The number of nitroso groups, excluding NO2 is 1. The Morgan fingerprint density at radius 3 is 2.60 bits per heavy atom. The van der Waals surface area contributed by atoms with Gasteiger partial charge < -0.3 is 0 Å². The van der Waals surface area contributed by atoms with E-state index in [-0.39, 0.29) is 0 Å². The van der Waals surface area contributed by atoms with Gasteiger partial charge in [0.15, 0.2) is 0 Å². The molecular formula is C8H8NO+. The molecule has 0 fully saturated rings. The lowest BCUT2D eigenvalue weighted by atomic mass is 10.2. The molecule has 1 aromatic rings. The highest BCUT2D eigenvalue weighted by Gasteiger charge is 2.00. The molecule has 0 aliphatic carbocycles. The highest BCUT2D eigenvalue weighted by Crippen LogP contribution is 2.08. The number of hydrogen-bond donors (Lipinski definition) is 1. The first kappa shape index (κ1) is 6.68. The predicted molar refractivity (Wildman–Crippen MR) is 40.5 cm³/mol. The number of para-hydroxylation sites is 1. The van der Waals surface area contributed by atoms with Crippen molar-refractivity contribution in [3.63, 3.8) is 0 Å². The SMILES string of the molecule is C=Cc1ccccc1[NH+]=O. The lowest BCUT2D eigenvalue weighted by Gasteiger charge is -1.87. The smallest absolute Gasteiger partial charge is 0.0982 e. The summed E-state index contributed by atoms with van der Waals surface area (Å²) in [4.78, 5) is 10.2. The van der Waals surface area contributed by atoms with Gasteiger partial charge in [0.05, 0.1) is 0 Å². The van der Waals surface area contributed by atoms with Crippen LogP contribution in [0.5, 0.6) is 0 Å². The first-order valence-corrected chi connectivity index (χ1v) is 2.98. The summed E-state index contributed by atoms with van der Waals surface area (Å²) in [6.07, 6.45) is 1.64. The zero-order valence-electron chi connectivity index (χ0n) is 5.50. The lowest BCUT2D eigenvalue weighted by molar-refractivity contribution is -0.379. The number of nitrogens with one attached hydrogen (secondary N) is 1. The van der Waals surface area contributed by atoms with Gasteiger partial charge in [-0.05, 0) is 6.07 Å². The highest BCUT2D eigenvalue weighted by atomic mass is 16.3. The van der Waals surface area contributed by atoms with E-state index in [0.717, 1.165) is 5.56 Å². The molecule has 0 unspecified atom stereocenters. The van der Waals surface area contributed by atoms with E-state index in [1.54, 1.807) is 18.2 Å². The minimum Gasteiger partial charge on any atom is -0.0982 e. The molecule has 0 amide bonds. The van der Waals surface area contributed by atoms with Crippen molar-refractivity contribution in [3.05, 3.63) is 41.3 Å². The summed E-state index contributed by atoms with van der Waals surface area (Å²) in [5, 5.41) is 1.83. The number of benzene rings is 1. The molecule has 0 aromatic heterocycles. The third kappa shape index (κ3) is 1.10. The standard InChI is InChI=1S/C8H7NO/c1-2-7-5-3-4-6-8(7)9-10/h2-6H,1H2/p+1. The summed E-state index contributed by atoms with van der Waals surface area (Å²) in [6.45, 7) is 3.56. The van der Waals surface area contributed by atoms with Crippen LogP contribution in [0.2, 0.25) is 0 Å². The first-order valence-electron chi connectivity index (χ1n) is 2.98. The minimum atomic E-state index is 0.567. The van der Waals surface area contributed by atoms with E-state index >= 15 is 0 Å². The van der Waals surface area contributed by atoms with Crippen molar-refractivity contribution < 1.29 is 5.18 Å². The summed E-state index contributed by atoms with van der Waals surface area (Å²) in [7, 11) is 0. The predicted octanol–water partition coefficient (Wildman–Crippen LogP) is 0.808. The van der Waals surface area contributed by atoms with Crippen LogP contribution in [0.3, 0.4) is 0 Å². The third-order valence-electron chi connectivity index (χ3n) is 1.29. The Balaban J connectivity index is 3.20. The molecule has 10 heavy (non-hydrogen) atoms. The molecule has 50 valence electrons. The van der Waals surface area contributed by atoms with Crippen molar-refractivity contribution in [1.82, 2.24) is 0 Å². The highest BCUT2D eigenvalue weighted by molar-refractivity contribution is 5.58. The molecule has 1 aromatic carbocycles. The molecule has 0 saturated heterocycles. The van der Waals surface area contributed by atoms with Crippen LogP contribution in [0.25, 0.3) is 6.08 Å². The van der Waals surface area contributed by atoms with Crippen molar-refractivity contribution in [1.29, 1.82) is 0 Å². The van der Waals surface area contributed by atoms with Gasteiger partial charge in [0.2, 0.25) is 0 Å². The molecule has 0 spiro atoms. The van der Waals surface area contributed by atoms with Gasteiger partial charge in [-0.25, -0.2) is 0 Å². The van der Waals surface area contributed by atoms with Crippen molar-refractivity contribution in [2.75, 3.05) is 0 Å². The Bertz CT molecular complexity index is 228. The molecule has 0 heterocycles. The average Bonchev–Trinajstić information content (AvgIpc) is 2.04. The van der Waals surface area contributed by atoms with Gasteiger partial charge in [0.25, 0.3) is 5.69 Å². The zero-order valence-corrected chi connectivity index (χ0v) is 5.50. The second-order valence-corrected chi connectivity index (χ2v) is 1.89. The van der Waals surface area contributed by atoms with Crippen LogP contribution in [0.15, 0.2) is 30.8 Å². The largest absolute Gasteiger partial charge is 0.260 e. The Kier molecular flexibility index (Phi) is 1.95. The Morgan fingerprint density at radius 2 is 2.10 bits per heavy atom. The Labute approximate surface area is 59.2 Å². The van der Waals surface area contributed by atoms with E-state index in [1.165, 1.54) is 0 Å². The van der Waals surface area contributed by atoms with Crippen LogP contribution in [-0.2, 0) is 0 Å². The van der Waals surface area contributed by atoms with Crippen LogP contribution in [0.1, 0.15) is 5.56 Å². The van der Waals surface area contributed by atoms with E-state index in [0.29, 0.717) is 5.69 Å². The maximum Gasteiger partial charge on any atom is 0.260 e. The average molecular weight is 134 g/mol. The van der Waals surface area contributed by atoms with Gasteiger partial charge in [-0.15, -0.1) is 0 Å². The third-order valence-corrected chi connectivity index (χ3v) is 1.29. The normalized spacial score (nSPS) is 8.80. The zero-order chi connectivity index (χ0) is 7.40. The van der Waals surface area contributed by atoms with Gasteiger partial charge in [0, 0.05) is 21.7 Å². The van der Waals surface area contributed by atoms with Gasteiger partial charge in [-0.1, -0.05) is 24.8 Å². The van der Waals surface area contributed by atoms with Crippen molar-refractivity contribution >= 4 is 11.8 Å². The molecule has 0 bridgehead atoms. The molecular weight excluding hydrogens is 126 g/mol. The molecule has 0 atom stereocenters. The molecule has 0 radical (unpaired) electrons. The van der Waals surface area contributed by atoms with E-state index in [4.69, 9.17) is 0 Å². The quantitative estimate of drug-likeness (QED) is 0.637. The van der Waals surface area contributed by atoms with Crippen molar-refractivity contribution in [2.24, 2.45) is 0 Å². The number of hydrogen-bond acceptors (Lipinski definition) is 1. The summed E-state index contributed by atoms with van der Waals surface area (Å²) in [6, 6.07) is 7.20. The van der Waals surface area contributed by atoms with Crippen LogP contribution in [0.4, 0.5) is 5.69 Å². The van der Waals surface area contributed by atoms with Crippen LogP contribution >= 0.6 is 0 Å². The minimum absolute atomic E-state index is 0.567. The Hall–Kier alpha value is -1.44. The summed E-state index contributed by atoms with van der Waals surface area (Å²) < 4.78 is 0. The first-order chi connectivity index (χ1) is 4.88. The van der Waals surface area contributed by atoms with Crippen molar-refractivity contribution in [2.45, 2.75) is 0 Å². The maximum absolute atomic E-state index is 10.2. The van der Waals surface area contributed by atoms with E-state index in [2.05, 4.69) is 6.58 Å². The fraction of sp³-hybridized carbons (Fsp3) is 0. The van der Waals surface area contributed by atoms with Crippen LogP contribution in [0, 0.1) is 4.91 Å². The second kappa shape index (κ2) is 2.92. The molecule has 1 N–H and O–H groups in total. The topological polar surface area (TPSA) is 31.0 Å². The van der Waals surface area contributed by atoms with Crippen LogP contribution < -0.4 is 5.18 Å². The molecule has 0 saturated carbocycles. The maximum atomic E-state index is 10.2. The fourth-order valence-electron chi connectivity index (χ4n) is 0.768. The molecule has 0 aliphatic rings. The molecule has 0 aliphatic heterocycles. The van der Waals surface area contributed by atoms with Crippen molar-refractivity contribution in [3.8, 4) is 0 Å². The number of rotatable bonds is 2. The fourth-order valence-corrected chi connectivity index (χ4v) is 0.768. The summed E-state index contributed by atoms with van der Waals surface area (Å²) >= 11 is 0. The summed E-state index contributed by atoms with van der Waals surface area (Å²) in [5.41, 5.74) is 1.40. The van der Waals surface area contributed by atoms with E-state index in [9.17, 15) is 4.91 Å².